The van der Waals surface area contributed by atoms with Crippen LogP contribution in [0.3, 0.4) is 0 Å². The monoisotopic (exact) mass is 670 g/mol. The molecule has 11 aromatic rings. The van der Waals surface area contributed by atoms with Crippen molar-refractivity contribution in [3.63, 3.8) is 0 Å². The van der Waals surface area contributed by atoms with Crippen LogP contribution in [0, 0.1) is 0 Å². The minimum absolute atomic E-state index is 0.0440. The summed E-state index contributed by atoms with van der Waals surface area (Å²) in [5.41, 5.74) is -2.27. The van der Waals surface area contributed by atoms with Crippen molar-refractivity contribution in [3.05, 3.63) is 182 Å². The minimum Gasteiger partial charge on any atom is -0.456 e. The number of para-hydroxylation sites is 3. The first-order valence-electron chi connectivity index (χ1n) is 25.8. The molecule has 0 atom stereocenters. The Morgan fingerprint density at radius 2 is 1.18 bits per heavy atom. The van der Waals surface area contributed by atoms with Gasteiger partial charge in [0.15, 0.2) is 0 Å². The molecule has 11 rings (SSSR count). The molecule has 0 aliphatic carbocycles. The summed E-state index contributed by atoms with van der Waals surface area (Å²) < 4.78 is 191. The Labute approximate surface area is 321 Å². The molecule has 0 saturated heterocycles. The number of fused-ring (bicyclic) bond motifs is 9. The van der Waals surface area contributed by atoms with Crippen LogP contribution in [0.2, 0.25) is 0 Å². The van der Waals surface area contributed by atoms with E-state index in [2.05, 4.69) is 0 Å². The van der Waals surface area contributed by atoms with Crippen molar-refractivity contribution in [2.75, 3.05) is 0 Å². The van der Waals surface area contributed by atoms with Gasteiger partial charge in [-0.1, -0.05) is 121 Å². The predicted octanol–water partition coefficient (Wildman–Crippen LogP) is 13.1. The van der Waals surface area contributed by atoms with Crippen LogP contribution in [0.4, 0.5) is 0 Å². The smallest absolute Gasteiger partial charge is 0.137 e. The van der Waals surface area contributed by atoms with Crippen LogP contribution in [-0.4, -0.2) is 9.13 Å². The van der Waals surface area contributed by atoms with Crippen molar-refractivity contribution >= 4 is 65.6 Å². The maximum atomic E-state index is 9.96. The lowest BCUT2D eigenvalue weighted by molar-refractivity contribution is 0.669. The minimum atomic E-state index is -0.728. The third-order valence-corrected chi connectivity index (χ3v) is 8.99. The average Bonchev–Trinajstić information content (AvgIpc) is 4.03. The first-order valence-corrected chi connectivity index (χ1v) is 15.8. The number of hydrogen-bond donors (Lipinski definition) is 0. The van der Waals surface area contributed by atoms with E-state index in [0.29, 0.717) is 5.69 Å². The number of rotatable bonds is 4. The fourth-order valence-corrected chi connectivity index (χ4v) is 6.84. The molecule has 51 heavy (non-hydrogen) atoms. The van der Waals surface area contributed by atoms with E-state index in [1.807, 2.05) is 0 Å². The Hall–Kier alpha value is -6.84. The molecule has 0 bridgehead atoms. The lowest BCUT2D eigenvalue weighted by Crippen LogP contribution is -1.95. The molecule has 0 N–H and O–H groups in total. The van der Waals surface area contributed by atoms with E-state index in [1.54, 1.807) is 30.3 Å². The number of hydrogen-bond acceptors (Lipinski definition) is 1. The van der Waals surface area contributed by atoms with Gasteiger partial charge in [-0.3, -0.25) is 0 Å². The van der Waals surface area contributed by atoms with Crippen LogP contribution >= 0.6 is 0 Å². The Morgan fingerprint density at radius 1 is 0.412 bits per heavy atom. The quantitative estimate of drug-likeness (QED) is 0.183. The zero-order valence-electron chi connectivity index (χ0n) is 46.1. The van der Waals surface area contributed by atoms with Gasteiger partial charge in [-0.15, -0.1) is 0 Å². The van der Waals surface area contributed by atoms with Crippen LogP contribution in [0.25, 0.3) is 99.2 Å². The molecule has 0 amide bonds. The normalized spacial score (nSPS) is 17.4. The second-order valence-electron chi connectivity index (χ2n) is 11.7. The predicted molar refractivity (Wildman–Crippen MR) is 213 cm³/mol. The summed E-state index contributed by atoms with van der Waals surface area (Å²) in [6.45, 7) is 0. The lowest BCUT2D eigenvalue weighted by atomic mass is 9.98. The first kappa shape index (κ1) is 15.0. The van der Waals surface area contributed by atoms with Crippen molar-refractivity contribution in [1.29, 1.82) is 0 Å². The molecule has 3 heterocycles. The third kappa shape index (κ3) is 4.12. The molecule has 0 aliphatic rings. The molecule has 0 fully saturated rings. The van der Waals surface area contributed by atoms with Crippen molar-refractivity contribution in [2.45, 2.75) is 0 Å². The standard InChI is InChI=1S/C48H30N2O/c1-3-13-31(14-4-1)35-19-11-23-45-47(35)48-43(22-12-24-46(48)51-45)50-41-21-10-8-18-37(41)39-29-32(26-28-42(39)50)33-25-27-38-36-17-7-9-20-40(36)49(44(38)30-33)34-15-5-2-6-16-34/h1-30H/i3D,7D,8D,9D,10D,11D,12D,13D,17D,18D,19D,20D,22D,23D,24D,25D,27D,28D,29D,30D. The molecule has 0 radical (unpaired) electrons. The van der Waals surface area contributed by atoms with E-state index in [-0.39, 0.29) is 100.0 Å². The highest BCUT2D eigenvalue weighted by molar-refractivity contribution is 6.18. The fraction of sp³-hybridized carbons (Fsp3) is 0. The van der Waals surface area contributed by atoms with Gasteiger partial charge in [-0.2, -0.15) is 0 Å². The Balaban J connectivity index is 1.34. The highest BCUT2D eigenvalue weighted by atomic mass is 16.3. The third-order valence-electron chi connectivity index (χ3n) is 8.99. The van der Waals surface area contributed by atoms with Gasteiger partial charge >= 0.3 is 0 Å². The van der Waals surface area contributed by atoms with Crippen LogP contribution in [0.15, 0.2) is 186 Å². The molecule has 0 unspecified atom stereocenters. The Morgan fingerprint density at radius 3 is 2.10 bits per heavy atom. The van der Waals surface area contributed by atoms with Crippen molar-refractivity contribution in [3.8, 4) is 33.6 Å². The van der Waals surface area contributed by atoms with E-state index < -0.39 is 114 Å². The molecule has 3 nitrogen and oxygen atoms in total. The Kier molecular flexibility index (Phi) is 3.18. The summed E-state index contributed by atoms with van der Waals surface area (Å²) in [4.78, 5) is 0. The largest absolute Gasteiger partial charge is 0.456 e. The summed E-state index contributed by atoms with van der Waals surface area (Å²) in [6.07, 6.45) is 0. The maximum absolute atomic E-state index is 9.96. The van der Waals surface area contributed by atoms with Gasteiger partial charge < -0.3 is 13.6 Å². The van der Waals surface area contributed by atoms with Crippen LogP contribution in [0.1, 0.15) is 27.4 Å². The molecular formula is C48H30N2O. The topological polar surface area (TPSA) is 23.0 Å². The average molecular weight is 671 g/mol. The van der Waals surface area contributed by atoms with E-state index >= 15 is 0 Å². The van der Waals surface area contributed by atoms with Gasteiger partial charge in [-0.05, 0) is 82.7 Å². The second kappa shape index (κ2) is 10.8. The number of furan rings is 1. The van der Waals surface area contributed by atoms with Crippen LogP contribution < -0.4 is 0 Å². The number of benzene rings is 8. The summed E-state index contributed by atoms with van der Waals surface area (Å²) in [5, 5.41) is -1.12. The molecule has 3 heteroatoms. The number of nitrogens with zero attached hydrogens (tertiary/aromatic N) is 2. The van der Waals surface area contributed by atoms with Gasteiger partial charge in [0.25, 0.3) is 0 Å². The van der Waals surface area contributed by atoms with Gasteiger partial charge in [0.05, 0.1) is 60.6 Å². The van der Waals surface area contributed by atoms with Crippen LogP contribution in [0.5, 0.6) is 0 Å². The Bertz CT molecular complexity index is 4290. The summed E-state index contributed by atoms with van der Waals surface area (Å²) in [7, 11) is 0. The van der Waals surface area contributed by atoms with E-state index in [4.69, 9.17) is 22.2 Å². The van der Waals surface area contributed by atoms with Gasteiger partial charge in [0, 0.05) is 32.6 Å². The molecular weight excluding hydrogens is 621 g/mol. The van der Waals surface area contributed by atoms with E-state index in [9.17, 15) is 9.60 Å². The second-order valence-corrected chi connectivity index (χ2v) is 11.7. The van der Waals surface area contributed by atoms with Gasteiger partial charge in [0.2, 0.25) is 0 Å². The summed E-state index contributed by atoms with van der Waals surface area (Å²) >= 11 is 0. The fourth-order valence-electron chi connectivity index (χ4n) is 6.84. The SMILES string of the molecule is [2H]c1cccc(-c2c([2H])c([2H])c([2H])c3oc4c([2H])c([2H])c([2H])c(-n5c6cc([2H])c([2H])c([2H])c6c6c([2H])c(-c7c([2H])c([2H])c8c9c([2H])c([2H])c([2H])c([2H])c9n(-c9ccccc9)c8c7[2H])cc([2H])c65)c4c23)c1[2H]. The molecule has 0 saturated carbocycles. The highest BCUT2D eigenvalue weighted by Crippen LogP contribution is 2.43. The van der Waals surface area contributed by atoms with Crippen molar-refractivity contribution < 1.29 is 31.8 Å². The van der Waals surface area contributed by atoms with Crippen molar-refractivity contribution in [1.82, 2.24) is 9.13 Å². The molecule has 3 aromatic heterocycles. The maximum Gasteiger partial charge on any atom is 0.137 e. The lowest BCUT2D eigenvalue weighted by Gasteiger charge is -2.11. The molecule has 0 aliphatic heterocycles. The van der Waals surface area contributed by atoms with E-state index in [0.717, 1.165) is 12.1 Å². The molecule has 8 aromatic carbocycles. The van der Waals surface area contributed by atoms with Crippen molar-refractivity contribution in [2.24, 2.45) is 0 Å². The van der Waals surface area contributed by atoms with Gasteiger partial charge in [0.1, 0.15) is 11.2 Å². The van der Waals surface area contributed by atoms with Crippen LogP contribution in [-0.2, 0) is 0 Å². The summed E-state index contributed by atoms with van der Waals surface area (Å²) in [5.74, 6) is 0. The first-order chi connectivity index (χ1) is 33.6. The summed E-state index contributed by atoms with van der Waals surface area (Å²) in [6, 6.07) is 3.62. The zero-order chi connectivity index (χ0) is 50.9. The van der Waals surface area contributed by atoms with Gasteiger partial charge in [-0.25, -0.2) is 0 Å². The zero-order valence-corrected chi connectivity index (χ0v) is 26.1. The van der Waals surface area contributed by atoms with E-state index in [1.165, 1.54) is 27.3 Å². The highest BCUT2D eigenvalue weighted by Gasteiger charge is 2.20. The number of aromatic nitrogens is 2. The molecule has 238 valence electrons. The molecule has 0 spiro atoms.